The number of anilines is 2. The molecule has 2 aromatic carbocycles. The van der Waals surface area contributed by atoms with Crippen LogP contribution in [0.3, 0.4) is 0 Å². The van der Waals surface area contributed by atoms with E-state index in [9.17, 15) is 9.59 Å². The topological polar surface area (TPSA) is 94.0 Å². The predicted molar refractivity (Wildman–Crippen MR) is 90.7 cm³/mol. The van der Waals surface area contributed by atoms with Crippen molar-refractivity contribution in [1.82, 2.24) is 5.32 Å². The minimum Gasteiger partial charge on any atom is -0.335 e. The number of benzene rings is 2. The molecule has 1 aliphatic carbocycles. The molecule has 120 valence electrons. The highest BCUT2D eigenvalue weighted by Gasteiger charge is 2.23. The zero-order valence-electron chi connectivity index (χ0n) is 12.9. The molecule has 3 amide bonds. The van der Waals surface area contributed by atoms with Crippen LogP contribution in [0.25, 0.3) is 0 Å². The number of nitrogens with one attached hydrogen (secondary N) is 3. The third-order valence-electron chi connectivity index (χ3n) is 3.59. The molecule has 6 nitrogen and oxygen atoms in total. The molecule has 1 aliphatic rings. The van der Waals surface area contributed by atoms with Gasteiger partial charge < -0.3 is 16.0 Å². The molecule has 0 atom stereocenters. The summed E-state index contributed by atoms with van der Waals surface area (Å²) in [6, 6.07) is 15.4. The van der Waals surface area contributed by atoms with Gasteiger partial charge in [0.05, 0.1) is 11.6 Å². The molecule has 2 aromatic rings. The summed E-state index contributed by atoms with van der Waals surface area (Å²) in [5.74, 6) is -0.258. The molecule has 0 spiro atoms. The molecule has 0 aliphatic heterocycles. The van der Waals surface area contributed by atoms with Gasteiger partial charge in [0.2, 0.25) is 0 Å². The van der Waals surface area contributed by atoms with Crippen molar-refractivity contribution in [3.05, 3.63) is 59.7 Å². The van der Waals surface area contributed by atoms with E-state index in [0.29, 0.717) is 28.5 Å². The first-order chi connectivity index (χ1) is 11.6. The Labute approximate surface area is 139 Å². The van der Waals surface area contributed by atoms with Crippen LogP contribution in [0.1, 0.15) is 28.8 Å². The first-order valence-electron chi connectivity index (χ1n) is 7.63. The van der Waals surface area contributed by atoms with Crippen LogP contribution in [-0.4, -0.2) is 18.0 Å². The van der Waals surface area contributed by atoms with Crippen molar-refractivity contribution in [3.63, 3.8) is 0 Å². The lowest BCUT2D eigenvalue weighted by Crippen LogP contribution is -2.30. The Bertz CT molecular complexity index is 787. The van der Waals surface area contributed by atoms with Crippen molar-refractivity contribution in [2.24, 2.45) is 0 Å². The van der Waals surface area contributed by atoms with Gasteiger partial charge in [-0.15, -0.1) is 0 Å². The lowest BCUT2D eigenvalue weighted by molar-refractivity contribution is 0.102. The Kier molecular flexibility index (Phi) is 4.43. The highest BCUT2D eigenvalue weighted by Crippen LogP contribution is 2.19. The molecule has 1 saturated carbocycles. The van der Waals surface area contributed by atoms with Gasteiger partial charge in [-0.3, -0.25) is 4.79 Å². The van der Waals surface area contributed by atoms with Gasteiger partial charge in [-0.25, -0.2) is 4.79 Å². The molecule has 0 aromatic heterocycles. The quantitative estimate of drug-likeness (QED) is 0.808. The molecule has 0 bridgehead atoms. The van der Waals surface area contributed by atoms with Crippen LogP contribution in [0.2, 0.25) is 0 Å². The molecule has 6 heteroatoms. The monoisotopic (exact) mass is 320 g/mol. The zero-order valence-corrected chi connectivity index (χ0v) is 12.9. The van der Waals surface area contributed by atoms with E-state index in [1.807, 2.05) is 6.07 Å². The largest absolute Gasteiger partial charge is 0.335 e. The van der Waals surface area contributed by atoms with Crippen molar-refractivity contribution >= 4 is 23.3 Å². The predicted octanol–water partition coefficient (Wildman–Crippen LogP) is 3.09. The molecule has 0 unspecified atom stereocenters. The average molecular weight is 320 g/mol. The highest BCUT2D eigenvalue weighted by atomic mass is 16.2. The van der Waals surface area contributed by atoms with Crippen LogP contribution in [-0.2, 0) is 0 Å². The minimum absolute atomic E-state index is 0.216. The molecule has 3 N–H and O–H groups in total. The molecule has 24 heavy (non-hydrogen) atoms. The van der Waals surface area contributed by atoms with Gasteiger partial charge in [0, 0.05) is 23.0 Å². The molecular weight excluding hydrogens is 304 g/mol. The van der Waals surface area contributed by atoms with Crippen molar-refractivity contribution < 1.29 is 9.59 Å². The Balaban J connectivity index is 1.57. The first-order valence-corrected chi connectivity index (χ1v) is 7.63. The second kappa shape index (κ2) is 6.84. The number of nitrogens with zero attached hydrogens (tertiary/aromatic N) is 1. The molecule has 0 saturated heterocycles. The third kappa shape index (κ3) is 4.11. The number of nitriles is 1. The van der Waals surface area contributed by atoms with Crippen molar-refractivity contribution in [2.75, 3.05) is 10.6 Å². The first kappa shape index (κ1) is 15.6. The van der Waals surface area contributed by atoms with Gasteiger partial charge in [-0.05, 0) is 61.4 Å². The molecule has 3 rings (SSSR count). The smallest absolute Gasteiger partial charge is 0.319 e. The maximum absolute atomic E-state index is 12.1. The van der Waals surface area contributed by atoms with E-state index in [0.717, 1.165) is 12.8 Å². The fourth-order valence-electron chi connectivity index (χ4n) is 2.12. The Morgan fingerprint density at radius 3 is 2.04 bits per heavy atom. The van der Waals surface area contributed by atoms with Gasteiger partial charge in [0.25, 0.3) is 5.91 Å². The summed E-state index contributed by atoms with van der Waals surface area (Å²) < 4.78 is 0. The van der Waals surface area contributed by atoms with E-state index in [2.05, 4.69) is 16.0 Å². The van der Waals surface area contributed by atoms with Crippen LogP contribution in [0.4, 0.5) is 16.2 Å². The highest BCUT2D eigenvalue weighted by molar-refractivity contribution is 6.04. The summed E-state index contributed by atoms with van der Waals surface area (Å²) in [7, 11) is 0. The summed E-state index contributed by atoms with van der Waals surface area (Å²) in [4.78, 5) is 23.8. The number of hydrogen-bond acceptors (Lipinski definition) is 3. The lowest BCUT2D eigenvalue weighted by Gasteiger charge is -2.09. The van der Waals surface area contributed by atoms with Crippen LogP contribution in [0.5, 0.6) is 0 Å². The standard InChI is InChI=1S/C18H16N4O2/c19-11-12-1-3-13(4-2-12)17(23)20-14-5-7-15(8-6-14)21-18(24)22-16-9-10-16/h1-8,16H,9-10H2,(H,20,23)(H2,21,22,24). The Morgan fingerprint density at radius 2 is 1.50 bits per heavy atom. The van der Waals surface area contributed by atoms with E-state index >= 15 is 0 Å². The van der Waals surface area contributed by atoms with Crippen LogP contribution < -0.4 is 16.0 Å². The molecule has 0 heterocycles. The summed E-state index contributed by atoms with van der Waals surface area (Å²) in [5, 5.41) is 17.1. The van der Waals surface area contributed by atoms with Crippen molar-refractivity contribution in [1.29, 1.82) is 5.26 Å². The third-order valence-corrected chi connectivity index (χ3v) is 3.59. The average Bonchev–Trinajstić information content (AvgIpc) is 3.40. The number of urea groups is 1. The fourth-order valence-corrected chi connectivity index (χ4v) is 2.12. The summed E-state index contributed by atoms with van der Waals surface area (Å²) in [6.45, 7) is 0. The van der Waals surface area contributed by atoms with E-state index in [4.69, 9.17) is 5.26 Å². The summed E-state index contributed by atoms with van der Waals surface area (Å²) >= 11 is 0. The number of carbonyl (C=O) groups is 2. The van der Waals surface area contributed by atoms with E-state index in [1.54, 1.807) is 48.5 Å². The van der Waals surface area contributed by atoms with Crippen molar-refractivity contribution in [3.8, 4) is 6.07 Å². The van der Waals surface area contributed by atoms with Gasteiger partial charge >= 0.3 is 6.03 Å². The number of hydrogen-bond donors (Lipinski definition) is 3. The van der Waals surface area contributed by atoms with E-state index in [-0.39, 0.29) is 11.9 Å². The van der Waals surface area contributed by atoms with E-state index in [1.165, 1.54) is 0 Å². The van der Waals surface area contributed by atoms with Crippen LogP contribution in [0, 0.1) is 11.3 Å². The Hall–Kier alpha value is -3.33. The van der Waals surface area contributed by atoms with Crippen molar-refractivity contribution in [2.45, 2.75) is 18.9 Å². The van der Waals surface area contributed by atoms with E-state index < -0.39 is 0 Å². The SMILES string of the molecule is N#Cc1ccc(C(=O)Nc2ccc(NC(=O)NC3CC3)cc2)cc1. The van der Waals surface area contributed by atoms with Gasteiger partial charge in [0.15, 0.2) is 0 Å². The lowest BCUT2D eigenvalue weighted by atomic mass is 10.1. The van der Waals surface area contributed by atoms with Crippen LogP contribution >= 0.6 is 0 Å². The molecular formula is C18H16N4O2. The Morgan fingerprint density at radius 1 is 0.917 bits per heavy atom. The number of rotatable bonds is 4. The van der Waals surface area contributed by atoms with Crippen LogP contribution in [0.15, 0.2) is 48.5 Å². The van der Waals surface area contributed by atoms with Gasteiger partial charge in [0.1, 0.15) is 0 Å². The van der Waals surface area contributed by atoms with Gasteiger partial charge in [-0.1, -0.05) is 0 Å². The summed E-state index contributed by atoms with van der Waals surface area (Å²) in [6.07, 6.45) is 2.07. The fraction of sp³-hybridized carbons (Fsp3) is 0.167. The molecule has 1 fully saturated rings. The number of carbonyl (C=O) groups excluding carboxylic acids is 2. The normalized spacial score (nSPS) is 12.8. The summed E-state index contributed by atoms with van der Waals surface area (Å²) in [5.41, 5.74) is 2.26. The number of amides is 3. The zero-order chi connectivity index (χ0) is 16.9. The maximum atomic E-state index is 12.1. The second-order valence-corrected chi connectivity index (χ2v) is 5.59. The molecule has 0 radical (unpaired) electrons. The maximum Gasteiger partial charge on any atom is 0.319 e. The minimum atomic E-state index is -0.258. The van der Waals surface area contributed by atoms with Gasteiger partial charge in [-0.2, -0.15) is 5.26 Å². The second-order valence-electron chi connectivity index (χ2n) is 5.59.